The molecule has 0 aliphatic carbocycles. The van der Waals surface area contributed by atoms with E-state index in [1.165, 1.54) is 9.13 Å². The number of nitrogens with one attached hydrogen (secondary N) is 2. The Hall–Kier alpha value is -0.950. The van der Waals surface area contributed by atoms with Crippen LogP contribution < -0.4 is 10.6 Å². The van der Waals surface area contributed by atoms with Crippen LogP contribution >= 0.6 is 22.6 Å². The van der Waals surface area contributed by atoms with E-state index in [4.69, 9.17) is 0 Å². The van der Waals surface area contributed by atoms with Gasteiger partial charge in [0.25, 0.3) is 0 Å². The van der Waals surface area contributed by atoms with E-state index >= 15 is 0 Å². The van der Waals surface area contributed by atoms with Gasteiger partial charge < -0.3 is 10.6 Å². The van der Waals surface area contributed by atoms with Crippen LogP contribution in [-0.2, 0) is 16.0 Å². The van der Waals surface area contributed by atoms with E-state index in [2.05, 4.69) is 71.3 Å². The first kappa shape index (κ1) is 25.1. The average molecular weight is 500 g/mol. The van der Waals surface area contributed by atoms with E-state index < -0.39 is 0 Å². The van der Waals surface area contributed by atoms with Gasteiger partial charge in [-0.25, -0.2) is 0 Å². The molecule has 0 unspecified atom stereocenters. The molecule has 0 spiro atoms. The van der Waals surface area contributed by atoms with Crippen molar-refractivity contribution in [3.05, 3.63) is 33.4 Å². The third-order valence-corrected chi connectivity index (χ3v) is 5.64. The minimum Gasteiger partial charge on any atom is -0.356 e. The Balaban J connectivity index is 2.41. The minimum atomic E-state index is -0.196. The second-order valence-corrected chi connectivity index (χ2v) is 9.24. The molecular weight excluding hydrogens is 463 g/mol. The number of halogens is 1. The van der Waals surface area contributed by atoms with Crippen molar-refractivity contribution in [2.75, 3.05) is 20.1 Å². The lowest BCUT2D eigenvalue weighted by Crippen LogP contribution is -2.33. The lowest BCUT2D eigenvalue weighted by atomic mass is 9.93. The highest BCUT2D eigenvalue weighted by Crippen LogP contribution is 2.16. The summed E-state index contributed by atoms with van der Waals surface area (Å²) in [5.41, 5.74) is 1.27. The van der Waals surface area contributed by atoms with Gasteiger partial charge in [0.1, 0.15) is 5.78 Å². The number of aryl methyl sites for hydroxylation is 1. The largest absolute Gasteiger partial charge is 0.356 e. The van der Waals surface area contributed by atoms with Gasteiger partial charge in [0, 0.05) is 28.9 Å². The molecule has 0 aliphatic rings. The van der Waals surface area contributed by atoms with E-state index in [-0.39, 0.29) is 17.6 Å². The molecule has 5 heteroatoms. The molecule has 0 saturated carbocycles. The van der Waals surface area contributed by atoms with Crippen LogP contribution in [0.2, 0.25) is 0 Å². The Kier molecular flexibility index (Phi) is 13.4. The number of carbonyl (C=O) groups excluding carboxylic acids is 2. The zero-order valence-corrected chi connectivity index (χ0v) is 19.9. The number of ketones is 1. The molecule has 0 aromatic heterocycles. The molecule has 1 amide bonds. The summed E-state index contributed by atoms with van der Waals surface area (Å²) in [4.78, 5) is 25.0. The van der Waals surface area contributed by atoms with E-state index in [1.54, 1.807) is 0 Å². The van der Waals surface area contributed by atoms with Crippen molar-refractivity contribution in [3.63, 3.8) is 0 Å². The fourth-order valence-corrected chi connectivity index (χ4v) is 3.59. The summed E-state index contributed by atoms with van der Waals surface area (Å²) in [5, 5.41) is 6.16. The second-order valence-electron chi connectivity index (χ2n) is 7.99. The summed E-state index contributed by atoms with van der Waals surface area (Å²) in [6.07, 6.45) is 6.46. The standard InChI is InChI=1S/C23H37IN2O2/c1-18(2)7-5-16-26-23(28)20(9-6-15-25-3)17-22(27)10-4-8-19-11-13-21(24)14-12-19/h11-14,18,20,25H,4-10,15-17H2,1-3H3,(H,26,28)/t20-/m0/s1. The highest BCUT2D eigenvalue weighted by molar-refractivity contribution is 14.1. The van der Waals surface area contributed by atoms with Crippen LogP contribution in [0.5, 0.6) is 0 Å². The summed E-state index contributed by atoms with van der Waals surface area (Å²) in [6.45, 7) is 5.97. The third-order valence-electron chi connectivity index (χ3n) is 4.92. The summed E-state index contributed by atoms with van der Waals surface area (Å²) < 4.78 is 1.22. The highest BCUT2D eigenvalue weighted by Gasteiger charge is 2.21. The van der Waals surface area contributed by atoms with Gasteiger partial charge >= 0.3 is 0 Å². The van der Waals surface area contributed by atoms with E-state index in [0.29, 0.717) is 25.3 Å². The topological polar surface area (TPSA) is 58.2 Å². The van der Waals surface area contributed by atoms with Crippen LogP contribution in [-0.4, -0.2) is 31.8 Å². The maximum atomic E-state index is 12.6. The van der Waals surface area contributed by atoms with Crippen LogP contribution in [0.3, 0.4) is 0 Å². The lowest BCUT2D eigenvalue weighted by Gasteiger charge is -2.16. The van der Waals surface area contributed by atoms with Crippen molar-refractivity contribution in [1.82, 2.24) is 10.6 Å². The first-order chi connectivity index (χ1) is 13.4. The Bertz CT molecular complexity index is 572. The molecule has 0 bridgehead atoms. The van der Waals surface area contributed by atoms with Crippen LogP contribution in [0.25, 0.3) is 0 Å². The fourth-order valence-electron chi connectivity index (χ4n) is 3.23. The molecule has 2 N–H and O–H groups in total. The Morgan fingerprint density at radius 1 is 1.00 bits per heavy atom. The number of rotatable bonds is 15. The molecule has 0 saturated heterocycles. The Morgan fingerprint density at radius 3 is 2.32 bits per heavy atom. The third kappa shape index (κ3) is 11.8. The highest BCUT2D eigenvalue weighted by atomic mass is 127. The minimum absolute atomic E-state index is 0.0471. The molecule has 0 radical (unpaired) electrons. The molecule has 0 heterocycles. The van der Waals surface area contributed by atoms with E-state index in [1.807, 2.05) is 7.05 Å². The van der Waals surface area contributed by atoms with Gasteiger partial charge in [-0.15, -0.1) is 0 Å². The van der Waals surface area contributed by atoms with Crippen LogP contribution in [0.1, 0.15) is 64.4 Å². The molecule has 0 aliphatic heterocycles. The number of amides is 1. The van der Waals surface area contributed by atoms with Crippen molar-refractivity contribution in [2.24, 2.45) is 11.8 Å². The molecule has 1 aromatic rings. The number of Topliss-reactive ketones (excluding diaryl/α,β-unsaturated/α-hetero) is 1. The number of benzene rings is 1. The number of carbonyl (C=O) groups is 2. The van der Waals surface area contributed by atoms with E-state index in [9.17, 15) is 9.59 Å². The van der Waals surface area contributed by atoms with E-state index in [0.717, 1.165) is 45.1 Å². The molecule has 1 rings (SSSR count). The Morgan fingerprint density at radius 2 is 1.68 bits per heavy atom. The summed E-state index contributed by atoms with van der Waals surface area (Å²) >= 11 is 2.30. The summed E-state index contributed by atoms with van der Waals surface area (Å²) in [7, 11) is 1.91. The quantitative estimate of drug-likeness (QED) is 0.270. The second kappa shape index (κ2) is 15.0. The SMILES string of the molecule is CNCCC[C@@H](CC(=O)CCCc1ccc(I)cc1)C(=O)NCCCC(C)C. The maximum Gasteiger partial charge on any atom is 0.223 e. The lowest BCUT2D eigenvalue weighted by molar-refractivity contribution is -0.129. The maximum absolute atomic E-state index is 12.6. The van der Waals surface area contributed by atoms with Crippen molar-refractivity contribution < 1.29 is 9.59 Å². The van der Waals surface area contributed by atoms with Crippen LogP contribution in [0, 0.1) is 15.4 Å². The molecule has 4 nitrogen and oxygen atoms in total. The molecule has 28 heavy (non-hydrogen) atoms. The van der Waals surface area contributed by atoms with Crippen LogP contribution in [0.4, 0.5) is 0 Å². The molecule has 0 fully saturated rings. The normalized spacial score (nSPS) is 12.2. The predicted molar refractivity (Wildman–Crippen MR) is 125 cm³/mol. The Labute approximate surface area is 184 Å². The first-order valence-electron chi connectivity index (χ1n) is 10.6. The zero-order valence-electron chi connectivity index (χ0n) is 17.7. The van der Waals surface area contributed by atoms with Gasteiger partial charge in [-0.1, -0.05) is 26.0 Å². The van der Waals surface area contributed by atoms with Crippen molar-refractivity contribution in [1.29, 1.82) is 0 Å². The van der Waals surface area contributed by atoms with Crippen molar-refractivity contribution >= 4 is 34.3 Å². The molecule has 158 valence electrons. The fraction of sp³-hybridized carbons (Fsp3) is 0.652. The van der Waals surface area contributed by atoms with Gasteiger partial charge in [0.05, 0.1) is 0 Å². The number of hydrogen-bond donors (Lipinski definition) is 2. The van der Waals surface area contributed by atoms with Gasteiger partial charge in [0.15, 0.2) is 0 Å². The zero-order chi connectivity index (χ0) is 20.8. The van der Waals surface area contributed by atoms with Gasteiger partial charge in [-0.05, 0) is 98.3 Å². The smallest absolute Gasteiger partial charge is 0.223 e. The monoisotopic (exact) mass is 500 g/mol. The van der Waals surface area contributed by atoms with Gasteiger partial charge in [0.2, 0.25) is 5.91 Å². The van der Waals surface area contributed by atoms with Gasteiger partial charge in [-0.2, -0.15) is 0 Å². The van der Waals surface area contributed by atoms with Crippen molar-refractivity contribution in [3.8, 4) is 0 Å². The van der Waals surface area contributed by atoms with Crippen molar-refractivity contribution in [2.45, 2.75) is 65.2 Å². The van der Waals surface area contributed by atoms with Crippen LogP contribution in [0.15, 0.2) is 24.3 Å². The predicted octanol–water partition coefficient (Wildman–Crippen LogP) is 4.74. The molecule has 1 aromatic carbocycles. The summed E-state index contributed by atoms with van der Waals surface area (Å²) in [5.74, 6) is 0.708. The first-order valence-corrected chi connectivity index (χ1v) is 11.7. The van der Waals surface area contributed by atoms with Gasteiger partial charge in [-0.3, -0.25) is 9.59 Å². The summed E-state index contributed by atoms with van der Waals surface area (Å²) in [6, 6.07) is 8.44. The number of hydrogen-bond acceptors (Lipinski definition) is 3. The molecule has 1 atom stereocenters. The average Bonchev–Trinajstić information content (AvgIpc) is 2.66. The molecular formula is C23H37IN2O2.